The Bertz CT molecular complexity index is 585. The SMILES string of the molecule is CCCC[C@H](ON1C(C)(C)CCCC1(C)C)[C@H](O)[C@@H](C=O)ON1C(C)(C)CCCC1(C)C. The molecule has 0 bridgehead atoms. The van der Waals surface area contributed by atoms with Crippen LogP contribution in [0.5, 0.6) is 0 Å². The van der Waals surface area contributed by atoms with Crippen LogP contribution in [0.2, 0.25) is 0 Å². The first kappa shape index (κ1) is 27.7. The van der Waals surface area contributed by atoms with Crippen LogP contribution >= 0.6 is 0 Å². The fourth-order valence-corrected chi connectivity index (χ4v) is 5.85. The van der Waals surface area contributed by atoms with E-state index in [4.69, 9.17) is 9.68 Å². The summed E-state index contributed by atoms with van der Waals surface area (Å²) in [5, 5.41) is 15.4. The highest BCUT2D eigenvalue weighted by atomic mass is 16.7. The molecule has 188 valence electrons. The van der Waals surface area contributed by atoms with E-state index in [0.29, 0.717) is 6.42 Å². The molecule has 6 heteroatoms. The zero-order valence-corrected chi connectivity index (χ0v) is 22.2. The number of hydrogen-bond acceptors (Lipinski definition) is 6. The van der Waals surface area contributed by atoms with Gasteiger partial charge in [-0.05, 0) is 100 Å². The minimum atomic E-state index is -1.04. The summed E-state index contributed by atoms with van der Waals surface area (Å²) in [6.45, 7) is 19.5. The van der Waals surface area contributed by atoms with Crippen LogP contribution in [-0.4, -0.2) is 62.0 Å². The van der Waals surface area contributed by atoms with E-state index >= 15 is 0 Å². The molecule has 32 heavy (non-hydrogen) atoms. The normalized spacial score (nSPS) is 28.1. The third-order valence-corrected chi connectivity index (χ3v) is 7.52. The summed E-state index contributed by atoms with van der Waals surface area (Å²) in [6, 6.07) is 0. The van der Waals surface area contributed by atoms with E-state index in [0.717, 1.165) is 57.7 Å². The van der Waals surface area contributed by atoms with Crippen LogP contribution < -0.4 is 0 Å². The number of aliphatic hydroxyl groups is 1. The minimum Gasteiger partial charge on any atom is -0.387 e. The lowest BCUT2D eigenvalue weighted by atomic mass is 9.82. The molecule has 2 aliphatic rings. The van der Waals surface area contributed by atoms with Gasteiger partial charge in [0.25, 0.3) is 0 Å². The van der Waals surface area contributed by atoms with Crippen molar-refractivity contribution >= 4 is 6.29 Å². The maximum absolute atomic E-state index is 12.2. The van der Waals surface area contributed by atoms with E-state index in [1.807, 2.05) is 5.06 Å². The number of aldehydes is 1. The molecular formula is C26H50N2O4. The zero-order valence-electron chi connectivity index (χ0n) is 22.2. The highest BCUT2D eigenvalue weighted by molar-refractivity contribution is 5.57. The summed E-state index contributed by atoms with van der Waals surface area (Å²) in [4.78, 5) is 25.1. The number of nitrogens with zero attached hydrogens (tertiary/aromatic N) is 2. The van der Waals surface area contributed by atoms with Crippen LogP contribution in [0.15, 0.2) is 0 Å². The molecule has 2 aliphatic heterocycles. The molecule has 0 unspecified atom stereocenters. The fourth-order valence-electron chi connectivity index (χ4n) is 5.85. The maximum atomic E-state index is 12.2. The van der Waals surface area contributed by atoms with E-state index in [1.54, 1.807) is 0 Å². The zero-order chi connectivity index (χ0) is 24.4. The summed E-state index contributed by atoms with van der Waals surface area (Å²) < 4.78 is 0. The van der Waals surface area contributed by atoms with Gasteiger partial charge < -0.3 is 9.90 Å². The van der Waals surface area contributed by atoms with Crippen LogP contribution in [0, 0.1) is 0 Å². The molecule has 0 saturated carbocycles. The molecule has 2 heterocycles. The largest absolute Gasteiger partial charge is 0.387 e. The van der Waals surface area contributed by atoms with E-state index in [-0.39, 0.29) is 22.2 Å². The van der Waals surface area contributed by atoms with Gasteiger partial charge in [-0.1, -0.05) is 19.8 Å². The number of carbonyl (C=O) groups excluding carboxylic acids is 1. The van der Waals surface area contributed by atoms with Gasteiger partial charge in [0, 0.05) is 22.2 Å². The monoisotopic (exact) mass is 454 g/mol. The van der Waals surface area contributed by atoms with Crippen molar-refractivity contribution in [1.29, 1.82) is 0 Å². The van der Waals surface area contributed by atoms with E-state index in [2.05, 4.69) is 67.4 Å². The van der Waals surface area contributed by atoms with Crippen molar-refractivity contribution in [2.45, 2.75) is 161 Å². The van der Waals surface area contributed by atoms with Crippen molar-refractivity contribution in [1.82, 2.24) is 10.1 Å². The third kappa shape index (κ3) is 6.32. The third-order valence-electron chi connectivity index (χ3n) is 7.52. The van der Waals surface area contributed by atoms with E-state index in [1.165, 1.54) is 0 Å². The van der Waals surface area contributed by atoms with Gasteiger partial charge in [0.05, 0.1) is 0 Å². The molecule has 3 atom stereocenters. The van der Waals surface area contributed by atoms with Gasteiger partial charge >= 0.3 is 0 Å². The van der Waals surface area contributed by atoms with Crippen LogP contribution in [0.4, 0.5) is 0 Å². The quantitative estimate of drug-likeness (QED) is 0.445. The van der Waals surface area contributed by atoms with Crippen LogP contribution in [-0.2, 0) is 14.5 Å². The van der Waals surface area contributed by atoms with Gasteiger partial charge in [-0.15, -0.1) is 0 Å². The summed E-state index contributed by atoms with van der Waals surface area (Å²) in [5.74, 6) is 0. The number of rotatable bonds is 10. The van der Waals surface area contributed by atoms with Crippen molar-refractivity contribution in [2.75, 3.05) is 0 Å². The molecular weight excluding hydrogens is 404 g/mol. The first-order valence-electron chi connectivity index (χ1n) is 12.8. The summed E-state index contributed by atoms with van der Waals surface area (Å²) in [7, 11) is 0. The molecule has 2 rings (SSSR count). The molecule has 0 amide bonds. The lowest BCUT2D eigenvalue weighted by Gasteiger charge is -2.54. The van der Waals surface area contributed by atoms with Gasteiger partial charge in [-0.2, -0.15) is 10.1 Å². The maximum Gasteiger partial charge on any atom is 0.163 e. The number of hydrogen-bond donors (Lipinski definition) is 1. The molecule has 1 N–H and O–H groups in total. The number of hydroxylamine groups is 4. The van der Waals surface area contributed by atoms with Gasteiger partial charge in [-0.3, -0.25) is 9.68 Å². The Morgan fingerprint density at radius 1 is 0.812 bits per heavy atom. The van der Waals surface area contributed by atoms with Crippen molar-refractivity contribution in [3.8, 4) is 0 Å². The van der Waals surface area contributed by atoms with Crippen molar-refractivity contribution in [3.05, 3.63) is 0 Å². The van der Waals surface area contributed by atoms with E-state index < -0.39 is 18.3 Å². The lowest BCUT2D eigenvalue weighted by molar-refractivity contribution is -0.342. The standard InChI is InChI=1S/C26H50N2O4/c1-10-11-14-20(31-27-23(2,3)15-12-16-24(27,4)5)22(30)21(19-29)32-28-25(6,7)17-13-18-26(28,8)9/h19-22,30H,10-18H2,1-9H3/t20-,21+,22-/m0/s1. The highest BCUT2D eigenvalue weighted by Gasteiger charge is 2.47. The molecule has 6 nitrogen and oxygen atoms in total. The second kappa shape index (κ2) is 10.4. The average Bonchev–Trinajstić information content (AvgIpc) is 2.65. The average molecular weight is 455 g/mol. The van der Waals surface area contributed by atoms with Crippen molar-refractivity contribution in [3.63, 3.8) is 0 Å². The Morgan fingerprint density at radius 2 is 1.22 bits per heavy atom. The van der Waals surface area contributed by atoms with Crippen molar-refractivity contribution in [2.24, 2.45) is 0 Å². The first-order chi connectivity index (χ1) is 14.7. The Labute approximate surface area is 196 Å². The molecule has 0 aromatic heterocycles. The van der Waals surface area contributed by atoms with Crippen LogP contribution in [0.3, 0.4) is 0 Å². The number of unbranched alkanes of at least 4 members (excludes halogenated alkanes) is 1. The van der Waals surface area contributed by atoms with E-state index in [9.17, 15) is 9.90 Å². The smallest absolute Gasteiger partial charge is 0.163 e. The van der Waals surface area contributed by atoms with Crippen molar-refractivity contribution < 1.29 is 19.6 Å². The molecule has 2 saturated heterocycles. The topological polar surface area (TPSA) is 62.2 Å². The molecule has 2 fully saturated rings. The first-order valence-corrected chi connectivity index (χ1v) is 12.8. The Balaban J connectivity index is 2.26. The second-order valence-corrected chi connectivity index (χ2v) is 12.5. The molecule has 0 spiro atoms. The van der Waals surface area contributed by atoms with Gasteiger partial charge in [-0.25, -0.2) is 0 Å². The van der Waals surface area contributed by atoms with Gasteiger partial charge in [0.15, 0.2) is 12.4 Å². The molecule has 0 aliphatic carbocycles. The highest BCUT2D eigenvalue weighted by Crippen LogP contribution is 2.41. The molecule has 0 radical (unpaired) electrons. The predicted octanol–water partition coefficient (Wildman–Crippen LogP) is 5.42. The van der Waals surface area contributed by atoms with Gasteiger partial charge in [0.1, 0.15) is 12.2 Å². The van der Waals surface area contributed by atoms with Crippen LogP contribution in [0.1, 0.15) is 120 Å². The fraction of sp³-hybridized carbons (Fsp3) is 0.962. The van der Waals surface area contributed by atoms with Gasteiger partial charge in [0.2, 0.25) is 0 Å². The summed E-state index contributed by atoms with van der Waals surface area (Å²) in [6.07, 6.45) is 7.17. The Kier molecular flexibility index (Phi) is 9.00. The number of carbonyl (C=O) groups is 1. The predicted molar refractivity (Wildman–Crippen MR) is 129 cm³/mol. The molecule has 0 aromatic carbocycles. The lowest BCUT2D eigenvalue weighted by Crippen LogP contribution is -2.62. The minimum absolute atomic E-state index is 0.139. The summed E-state index contributed by atoms with van der Waals surface area (Å²) >= 11 is 0. The number of piperidine rings is 2. The molecule has 0 aromatic rings. The van der Waals surface area contributed by atoms with Crippen LogP contribution in [0.25, 0.3) is 0 Å². The second-order valence-electron chi connectivity index (χ2n) is 12.5. The number of aliphatic hydroxyl groups excluding tert-OH is 1. The Morgan fingerprint density at radius 3 is 1.59 bits per heavy atom. The summed E-state index contributed by atoms with van der Waals surface area (Å²) in [5.41, 5.74) is -0.695. The Hall–Kier alpha value is -0.530.